The predicted octanol–water partition coefficient (Wildman–Crippen LogP) is 2.08. The molecule has 2 rings (SSSR count). The molecule has 1 aliphatic carbocycles. The summed E-state index contributed by atoms with van der Waals surface area (Å²) >= 11 is 0. The lowest BCUT2D eigenvalue weighted by Crippen LogP contribution is -1.98. The Hall–Kier alpha value is -1.25. The van der Waals surface area contributed by atoms with Gasteiger partial charge in [0, 0.05) is 5.92 Å². The van der Waals surface area contributed by atoms with Crippen LogP contribution in [0.4, 0.5) is 0 Å². The van der Waals surface area contributed by atoms with E-state index >= 15 is 0 Å². The first-order chi connectivity index (χ1) is 6.09. The van der Waals surface area contributed by atoms with Gasteiger partial charge >= 0.3 is 5.97 Å². The van der Waals surface area contributed by atoms with Crippen molar-refractivity contribution in [2.45, 2.75) is 26.2 Å². The van der Waals surface area contributed by atoms with Gasteiger partial charge in [-0.3, -0.25) is 4.79 Å². The second-order valence-electron chi connectivity index (χ2n) is 3.66. The second-order valence-corrected chi connectivity index (χ2v) is 3.66. The third-order valence-corrected chi connectivity index (χ3v) is 2.59. The van der Waals surface area contributed by atoms with Crippen LogP contribution in [0, 0.1) is 19.8 Å². The molecule has 0 spiro atoms. The molecule has 1 aliphatic rings. The van der Waals surface area contributed by atoms with Crippen LogP contribution in [-0.4, -0.2) is 11.1 Å². The van der Waals surface area contributed by atoms with Gasteiger partial charge in [0.25, 0.3) is 0 Å². The molecule has 1 fully saturated rings. The molecule has 0 aliphatic heterocycles. The van der Waals surface area contributed by atoms with E-state index in [1.165, 1.54) is 0 Å². The maximum Gasteiger partial charge on any atom is 0.307 e. The van der Waals surface area contributed by atoms with Gasteiger partial charge in [-0.05, 0) is 31.9 Å². The van der Waals surface area contributed by atoms with Crippen molar-refractivity contribution in [1.29, 1.82) is 0 Å². The third kappa shape index (κ3) is 1.34. The fourth-order valence-corrected chi connectivity index (χ4v) is 1.83. The van der Waals surface area contributed by atoms with Crippen LogP contribution < -0.4 is 0 Å². The van der Waals surface area contributed by atoms with Gasteiger partial charge in [0.15, 0.2) is 0 Å². The van der Waals surface area contributed by atoms with Crippen molar-refractivity contribution in [1.82, 2.24) is 0 Å². The molecular weight excluding hydrogens is 168 g/mol. The number of aryl methyl sites for hydroxylation is 2. The first kappa shape index (κ1) is 8.35. The van der Waals surface area contributed by atoms with Gasteiger partial charge in [-0.2, -0.15) is 0 Å². The summed E-state index contributed by atoms with van der Waals surface area (Å²) in [6.45, 7) is 3.77. The number of hydrogen-bond donors (Lipinski definition) is 1. The van der Waals surface area contributed by atoms with Crippen LogP contribution in [0.25, 0.3) is 0 Å². The van der Waals surface area contributed by atoms with Gasteiger partial charge in [0.1, 0.15) is 11.5 Å². The van der Waals surface area contributed by atoms with E-state index in [-0.39, 0.29) is 11.8 Å². The summed E-state index contributed by atoms with van der Waals surface area (Å²) in [4.78, 5) is 10.6. The van der Waals surface area contributed by atoms with Crippen LogP contribution in [0.15, 0.2) is 10.5 Å². The molecule has 2 atom stereocenters. The Morgan fingerprint density at radius 1 is 1.62 bits per heavy atom. The Morgan fingerprint density at radius 2 is 2.31 bits per heavy atom. The molecular formula is C10H12O3. The van der Waals surface area contributed by atoms with E-state index in [0.717, 1.165) is 23.5 Å². The van der Waals surface area contributed by atoms with E-state index in [1.54, 1.807) is 0 Å². The Kier molecular flexibility index (Phi) is 1.68. The quantitative estimate of drug-likeness (QED) is 0.758. The molecule has 1 heterocycles. The molecule has 0 radical (unpaired) electrons. The lowest BCUT2D eigenvalue weighted by atomic mass is 10.1. The molecule has 13 heavy (non-hydrogen) atoms. The van der Waals surface area contributed by atoms with Gasteiger partial charge in [0.2, 0.25) is 0 Å². The highest BCUT2D eigenvalue weighted by Gasteiger charge is 2.45. The van der Waals surface area contributed by atoms with E-state index in [9.17, 15) is 4.79 Å². The lowest BCUT2D eigenvalue weighted by Gasteiger charge is -1.93. The molecule has 70 valence electrons. The molecule has 1 N–H and O–H groups in total. The van der Waals surface area contributed by atoms with Crippen molar-refractivity contribution in [2.24, 2.45) is 5.92 Å². The molecule has 0 amide bonds. The van der Waals surface area contributed by atoms with Crippen LogP contribution in [-0.2, 0) is 4.79 Å². The molecule has 1 aromatic heterocycles. The summed E-state index contributed by atoms with van der Waals surface area (Å²) < 4.78 is 5.35. The maximum absolute atomic E-state index is 10.6. The van der Waals surface area contributed by atoms with Crippen LogP contribution in [0.2, 0.25) is 0 Å². The summed E-state index contributed by atoms with van der Waals surface area (Å²) in [7, 11) is 0. The number of carbonyl (C=O) groups is 1. The summed E-state index contributed by atoms with van der Waals surface area (Å²) in [5, 5.41) is 8.75. The smallest absolute Gasteiger partial charge is 0.307 e. The predicted molar refractivity (Wildman–Crippen MR) is 46.7 cm³/mol. The number of furan rings is 1. The van der Waals surface area contributed by atoms with Crippen molar-refractivity contribution in [3.8, 4) is 0 Å². The van der Waals surface area contributed by atoms with Crippen LogP contribution in [0.1, 0.15) is 29.4 Å². The van der Waals surface area contributed by atoms with E-state index in [4.69, 9.17) is 9.52 Å². The zero-order valence-electron chi connectivity index (χ0n) is 7.70. The highest BCUT2D eigenvalue weighted by atomic mass is 16.4. The number of aliphatic carboxylic acids is 1. The van der Waals surface area contributed by atoms with E-state index in [1.807, 2.05) is 19.9 Å². The first-order valence-electron chi connectivity index (χ1n) is 4.39. The van der Waals surface area contributed by atoms with E-state index in [2.05, 4.69) is 0 Å². The molecule has 1 aromatic rings. The highest BCUT2D eigenvalue weighted by molar-refractivity contribution is 5.75. The zero-order chi connectivity index (χ0) is 9.59. The van der Waals surface area contributed by atoms with Gasteiger partial charge in [-0.25, -0.2) is 0 Å². The highest BCUT2D eigenvalue weighted by Crippen LogP contribution is 2.49. The van der Waals surface area contributed by atoms with E-state index in [0.29, 0.717) is 0 Å². The standard InChI is InChI=1S/C10H12O3/c1-5-3-7(6(2)13-5)8-4-9(8)10(11)12/h3,8-9H,4H2,1-2H3,(H,11,12)/t8-,9+/m0/s1. The monoisotopic (exact) mass is 180 g/mol. The summed E-state index contributed by atoms with van der Waals surface area (Å²) in [6, 6.07) is 1.95. The summed E-state index contributed by atoms with van der Waals surface area (Å²) in [6.07, 6.45) is 0.759. The second kappa shape index (κ2) is 2.62. The van der Waals surface area contributed by atoms with Crippen LogP contribution in [0.3, 0.4) is 0 Å². The summed E-state index contributed by atoms with van der Waals surface area (Å²) in [5.74, 6) is 1.05. The maximum atomic E-state index is 10.6. The molecule has 0 bridgehead atoms. The number of carboxylic acids is 1. The average Bonchev–Trinajstić information content (AvgIpc) is 2.73. The number of rotatable bonds is 2. The first-order valence-corrected chi connectivity index (χ1v) is 4.39. The molecule has 0 saturated heterocycles. The Labute approximate surface area is 76.4 Å². The molecule has 3 heteroatoms. The van der Waals surface area contributed by atoms with Crippen LogP contribution >= 0.6 is 0 Å². The molecule has 0 aromatic carbocycles. The fraction of sp³-hybridized carbons (Fsp3) is 0.500. The van der Waals surface area contributed by atoms with E-state index < -0.39 is 5.97 Å². The average molecular weight is 180 g/mol. The SMILES string of the molecule is Cc1cc([C@@H]2C[C@H]2C(=O)O)c(C)o1. The minimum atomic E-state index is -0.691. The van der Waals surface area contributed by atoms with Gasteiger partial charge in [-0.1, -0.05) is 0 Å². The Balaban J connectivity index is 2.20. The van der Waals surface area contributed by atoms with Crippen molar-refractivity contribution >= 4 is 5.97 Å². The molecule has 1 saturated carbocycles. The topological polar surface area (TPSA) is 50.4 Å². The minimum absolute atomic E-state index is 0.185. The van der Waals surface area contributed by atoms with Crippen molar-refractivity contribution in [3.05, 3.63) is 23.2 Å². The zero-order valence-corrected chi connectivity index (χ0v) is 7.70. The Bertz CT molecular complexity index is 351. The fourth-order valence-electron chi connectivity index (χ4n) is 1.83. The lowest BCUT2D eigenvalue weighted by molar-refractivity contribution is -0.138. The van der Waals surface area contributed by atoms with Crippen LogP contribution in [0.5, 0.6) is 0 Å². The molecule has 0 unspecified atom stereocenters. The molecule has 3 nitrogen and oxygen atoms in total. The van der Waals surface area contributed by atoms with Crippen molar-refractivity contribution in [2.75, 3.05) is 0 Å². The normalized spacial score (nSPS) is 26.0. The largest absolute Gasteiger partial charge is 0.481 e. The Morgan fingerprint density at radius 3 is 2.69 bits per heavy atom. The number of hydrogen-bond acceptors (Lipinski definition) is 2. The third-order valence-electron chi connectivity index (χ3n) is 2.59. The van der Waals surface area contributed by atoms with Gasteiger partial charge < -0.3 is 9.52 Å². The van der Waals surface area contributed by atoms with Gasteiger partial charge in [-0.15, -0.1) is 0 Å². The summed E-state index contributed by atoms with van der Waals surface area (Å²) in [5.41, 5.74) is 1.07. The number of carboxylic acid groups (broad SMARTS) is 1. The van der Waals surface area contributed by atoms with Crippen molar-refractivity contribution < 1.29 is 14.3 Å². The minimum Gasteiger partial charge on any atom is -0.481 e. The van der Waals surface area contributed by atoms with Crippen molar-refractivity contribution in [3.63, 3.8) is 0 Å². The van der Waals surface area contributed by atoms with Gasteiger partial charge in [0.05, 0.1) is 5.92 Å².